The molecule has 1 aromatic carbocycles. The first-order valence-electron chi connectivity index (χ1n) is 3.70. The van der Waals surface area contributed by atoms with Gasteiger partial charge in [-0.2, -0.15) is 4.39 Å². The number of aromatic carboxylic acids is 1. The minimum absolute atomic E-state index is 0.00639. The lowest BCUT2D eigenvalue weighted by Gasteiger charge is -1.94. The molecule has 0 aliphatic heterocycles. The highest BCUT2D eigenvalue weighted by atomic mass is 35.5. The van der Waals surface area contributed by atoms with Crippen molar-refractivity contribution in [2.45, 2.75) is 0 Å². The van der Waals surface area contributed by atoms with Gasteiger partial charge in [0, 0.05) is 10.1 Å². The van der Waals surface area contributed by atoms with Gasteiger partial charge in [0.15, 0.2) is 5.13 Å². The standard InChI is InChI=1S/C9H4ClFO2S/c10-7-5-3-4(9(12)13)1-2-6(5)14-8(7)11/h1-3H,(H,12,13). The van der Waals surface area contributed by atoms with Crippen LogP contribution >= 0.6 is 22.9 Å². The molecule has 1 aromatic heterocycles. The highest BCUT2D eigenvalue weighted by molar-refractivity contribution is 7.18. The van der Waals surface area contributed by atoms with Crippen LogP contribution in [-0.2, 0) is 0 Å². The molecule has 5 heteroatoms. The van der Waals surface area contributed by atoms with Gasteiger partial charge >= 0.3 is 5.97 Å². The van der Waals surface area contributed by atoms with E-state index in [4.69, 9.17) is 16.7 Å². The van der Waals surface area contributed by atoms with Gasteiger partial charge in [0.2, 0.25) is 0 Å². The third-order valence-corrected chi connectivity index (χ3v) is 3.28. The summed E-state index contributed by atoms with van der Waals surface area (Å²) in [7, 11) is 0. The molecule has 0 unspecified atom stereocenters. The van der Waals surface area contributed by atoms with E-state index in [1.807, 2.05) is 0 Å². The van der Waals surface area contributed by atoms with Gasteiger partial charge in [-0.25, -0.2) is 4.79 Å². The maximum atomic E-state index is 13.0. The second-order valence-corrected chi connectivity index (χ2v) is 4.09. The van der Waals surface area contributed by atoms with Gasteiger partial charge < -0.3 is 5.11 Å². The van der Waals surface area contributed by atoms with E-state index >= 15 is 0 Å². The molecule has 2 rings (SSSR count). The first-order chi connectivity index (χ1) is 6.59. The average Bonchev–Trinajstić information content (AvgIpc) is 2.43. The van der Waals surface area contributed by atoms with Crippen LogP contribution in [0.15, 0.2) is 18.2 Å². The Balaban J connectivity index is 2.76. The summed E-state index contributed by atoms with van der Waals surface area (Å²) < 4.78 is 13.7. The van der Waals surface area contributed by atoms with E-state index in [-0.39, 0.29) is 10.6 Å². The van der Waals surface area contributed by atoms with E-state index in [9.17, 15) is 9.18 Å². The first kappa shape index (κ1) is 9.43. The summed E-state index contributed by atoms with van der Waals surface area (Å²) in [5.41, 5.74) is 0.109. The molecule has 2 nitrogen and oxygen atoms in total. The zero-order valence-electron chi connectivity index (χ0n) is 6.75. The molecule has 0 aliphatic rings. The van der Waals surface area contributed by atoms with Crippen LogP contribution in [0.1, 0.15) is 10.4 Å². The molecule has 0 atom stereocenters. The molecule has 0 saturated carbocycles. The third kappa shape index (κ3) is 1.36. The Hall–Kier alpha value is -1.13. The number of rotatable bonds is 1. The predicted molar refractivity (Wildman–Crippen MR) is 53.8 cm³/mol. The Morgan fingerprint density at radius 3 is 2.86 bits per heavy atom. The zero-order chi connectivity index (χ0) is 10.3. The summed E-state index contributed by atoms with van der Waals surface area (Å²) in [6, 6.07) is 4.36. The molecule has 0 aliphatic carbocycles. The van der Waals surface area contributed by atoms with Crippen molar-refractivity contribution in [2.24, 2.45) is 0 Å². The molecule has 0 radical (unpaired) electrons. The summed E-state index contributed by atoms with van der Waals surface area (Å²) in [5, 5.41) is 8.67. The predicted octanol–water partition coefficient (Wildman–Crippen LogP) is 3.39. The topological polar surface area (TPSA) is 37.3 Å². The molecule has 0 bridgehead atoms. The Kier molecular flexibility index (Phi) is 2.17. The van der Waals surface area contributed by atoms with Crippen LogP contribution in [0.25, 0.3) is 10.1 Å². The van der Waals surface area contributed by atoms with Crippen LogP contribution in [0.3, 0.4) is 0 Å². The number of hydrogen-bond donors (Lipinski definition) is 1. The Morgan fingerprint density at radius 2 is 2.21 bits per heavy atom. The highest BCUT2D eigenvalue weighted by Crippen LogP contribution is 2.34. The number of hydrogen-bond acceptors (Lipinski definition) is 2. The summed E-state index contributed by atoms with van der Waals surface area (Å²) in [4.78, 5) is 10.6. The number of carbonyl (C=O) groups is 1. The number of thiophene rings is 1. The van der Waals surface area contributed by atoms with Crippen LogP contribution in [0.4, 0.5) is 4.39 Å². The lowest BCUT2D eigenvalue weighted by atomic mass is 10.2. The van der Waals surface area contributed by atoms with Crippen LogP contribution in [0, 0.1) is 5.13 Å². The second kappa shape index (κ2) is 3.22. The minimum atomic E-state index is -1.05. The summed E-state index contributed by atoms with van der Waals surface area (Å²) in [5.74, 6) is -1.05. The molecule has 1 heterocycles. The van der Waals surface area contributed by atoms with Crippen LogP contribution in [0.5, 0.6) is 0 Å². The minimum Gasteiger partial charge on any atom is -0.478 e. The van der Waals surface area contributed by atoms with Crippen molar-refractivity contribution in [1.82, 2.24) is 0 Å². The van der Waals surface area contributed by atoms with Gasteiger partial charge in [0.05, 0.1) is 10.6 Å². The maximum absolute atomic E-state index is 13.0. The van der Waals surface area contributed by atoms with Gasteiger partial charge in [-0.15, -0.1) is 11.3 Å². The lowest BCUT2D eigenvalue weighted by molar-refractivity contribution is 0.0697. The number of carboxylic acids is 1. The smallest absolute Gasteiger partial charge is 0.335 e. The van der Waals surface area contributed by atoms with Crippen molar-refractivity contribution in [1.29, 1.82) is 0 Å². The average molecular weight is 231 g/mol. The molecule has 2 aromatic rings. The molecule has 0 saturated heterocycles. The SMILES string of the molecule is O=C(O)c1ccc2sc(F)c(Cl)c2c1. The number of halogens is 2. The monoisotopic (exact) mass is 230 g/mol. The van der Waals surface area contributed by atoms with Gasteiger partial charge in [-0.1, -0.05) is 11.6 Å². The van der Waals surface area contributed by atoms with Crippen LogP contribution in [-0.4, -0.2) is 11.1 Å². The van der Waals surface area contributed by atoms with E-state index in [0.717, 1.165) is 11.3 Å². The summed E-state index contributed by atoms with van der Waals surface area (Å²) in [6.07, 6.45) is 0. The largest absolute Gasteiger partial charge is 0.478 e. The Labute approximate surface area is 87.5 Å². The van der Waals surface area contributed by atoms with E-state index in [1.54, 1.807) is 6.07 Å². The summed E-state index contributed by atoms with van der Waals surface area (Å²) >= 11 is 6.57. The number of fused-ring (bicyclic) bond motifs is 1. The normalized spacial score (nSPS) is 10.7. The zero-order valence-corrected chi connectivity index (χ0v) is 8.32. The van der Waals surface area contributed by atoms with Gasteiger partial charge in [0.25, 0.3) is 0 Å². The van der Waals surface area contributed by atoms with Crippen molar-refractivity contribution < 1.29 is 14.3 Å². The van der Waals surface area contributed by atoms with E-state index in [0.29, 0.717) is 10.1 Å². The van der Waals surface area contributed by atoms with Gasteiger partial charge in [0.1, 0.15) is 0 Å². The molecular formula is C9H4ClFO2S. The molecule has 0 amide bonds. The molecule has 0 spiro atoms. The van der Waals surface area contributed by atoms with Crippen molar-refractivity contribution in [3.05, 3.63) is 33.9 Å². The lowest BCUT2D eigenvalue weighted by Crippen LogP contribution is -1.94. The van der Waals surface area contributed by atoms with Crippen molar-refractivity contribution in [3.8, 4) is 0 Å². The Morgan fingerprint density at radius 1 is 1.50 bits per heavy atom. The molecule has 14 heavy (non-hydrogen) atoms. The van der Waals surface area contributed by atoms with Crippen LogP contribution < -0.4 is 0 Å². The summed E-state index contributed by atoms with van der Waals surface area (Å²) in [6.45, 7) is 0. The van der Waals surface area contributed by atoms with Gasteiger partial charge in [-0.05, 0) is 18.2 Å². The fourth-order valence-electron chi connectivity index (χ4n) is 1.17. The molecular weight excluding hydrogens is 227 g/mol. The Bertz CT molecular complexity index is 521. The quantitative estimate of drug-likeness (QED) is 0.815. The van der Waals surface area contributed by atoms with E-state index in [2.05, 4.69) is 0 Å². The van der Waals surface area contributed by atoms with E-state index < -0.39 is 11.1 Å². The molecule has 0 fully saturated rings. The highest BCUT2D eigenvalue weighted by Gasteiger charge is 2.12. The van der Waals surface area contributed by atoms with Crippen molar-refractivity contribution in [3.63, 3.8) is 0 Å². The third-order valence-electron chi connectivity index (χ3n) is 1.84. The van der Waals surface area contributed by atoms with Gasteiger partial charge in [-0.3, -0.25) is 0 Å². The molecule has 1 N–H and O–H groups in total. The van der Waals surface area contributed by atoms with E-state index in [1.165, 1.54) is 12.1 Å². The first-order valence-corrected chi connectivity index (χ1v) is 4.90. The van der Waals surface area contributed by atoms with Crippen LogP contribution in [0.2, 0.25) is 5.02 Å². The number of carboxylic acid groups (broad SMARTS) is 1. The fourth-order valence-corrected chi connectivity index (χ4v) is 2.30. The van der Waals surface area contributed by atoms with Crippen molar-refractivity contribution >= 4 is 39.0 Å². The second-order valence-electron chi connectivity index (χ2n) is 2.71. The fraction of sp³-hybridized carbons (Fsp3) is 0. The van der Waals surface area contributed by atoms with Crippen molar-refractivity contribution in [2.75, 3.05) is 0 Å². The number of benzene rings is 1. The molecule has 72 valence electrons. The maximum Gasteiger partial charge on any atom is 0.335 e.